The highest BCUT2D eigenvalue weighted by atomic mass is 15.2. The molecule has 3 N–H and O–H groups in total. The Morgan fingerprint density at radius 1 is 0.621 bits per heavy atom. The molecule has 0 bridgehead atoms. The van der Waals surface area contributed by atoms with Crippen LogP contribution in [0.4, 0.5) is 34.1 Å². The van der Waals surface area contributed by atoms with Crippen LogP contribution in [0.1, 0.15) is 11.1 Å². The fraction of sp³-hybridized carbons (Fsp3) is 0.0769. The molecule has 144 valence electrons. The number of hydrogen-bond donors (Lipinski definition) is 2. The largest absolute Gasteiger partial charge is 0.399 e. The lowest BCUT2D eigenvalue weighted by Crippen LogP contribution is -2.12. The topological polar surface area (TPSA) is 41.3 Å². The molecule has 0 aliphatic rings. The normalized spacial score (nSPS) is 10.6. The Morgan fingerprint density at radius 3 is 1.69 bits per heavy atom. The zero-order valence-electron chi connectivity index (χ0n) is 16.8. The number of rotatable bonds is 5. The van der Waals surface area contributed by atoms with Gasteiger partial charge in [-0.25, -0.2) is 0 Å². The van der Waals surface area contributed by atoms with E-state index in [1.165, 1.54) is 11.1 Å². The van der Waals surface area contributed by atoms with E-state index < -0.39 is 0 Å². The molecule has 0 spiro atoms. The van der Waals surface area contributed by atoms with E-state index in [0.717, 1.165) is 34.1 Å². The van der Waals surface area contributed by atoms with Crippen LogP contribution in [0.25, 0.3) is 0 Å². The van der Waals surface area contributed by atoms with Gasteiger partial charge in [0.15, 0.2) is 0 Å². The van der Waals surface area contributed by atoms with Gasteiger partial charge in [0.25, 0.3) is 0 Å². The second-order valence-corrected chi connectivity index (χ2v) is 7.27. The summed E-state index contributed by atoms with van der Waals surface area (Å²) in [4.78, 5) is 2.28. The van der Waals surface area contributed by atoms with Crippen molar-refractivity contribution in [3.05, 3.63) is 108 Å². The highest BCUT2D eigenvalue weighted by Crippen LogP contribution is 2.39. The standard InChI is InChI=1S/C26H25N3/c1-19-7-15-23(16-8-19)29(24-17-9-20(2)10-18-24)26-6-4-3-5-25(26)28-22-13-11-21(27)12-14-22/h3-18,28H,27H2,1-2H3. The molecule has 29 heavy (non-hydrogen) atoms. The lowest BCUT2D eigenvalue weighted by Gasteiger charge is -2.28. The lowest BCUT2D eigenvalue weighted by atomic mass is 10.1. The molecule has 0 aliphatic carbocycles. The van der Waals surface area contributed by atoms with Gasteiger partial charge in [-0.15, -0.1) is 0 Å². The summed E-state index contributed by atoms with van der Waals surface area (Å²) in [6.07, 6.45) is 0. The van der Waals surface area contributed by atoms with E-state index in [0.29, 0.717) is 0 Å². The van der Waals surface area contributed by atoms with Crippen molar-refractivity contribution in [3.8, 4) is 0 Å². The van der Waals surface area contributed by atoms with Crippen LogP contribution in [0.2, 0.25) is 0 Å². The molecule has 3 nitrogen and oxygen atoms in total. The highest BCUT2D eigenvalue weighted by molar-refractivity contribution is 5.86. The maximum atomic E-state index is 5.84. The fourth-order valence-electron chi connectivity index (χ4n) is 3.31. The zero-order valence-corrected chi connectivity index (χ0v) is 16.8. The Morgan fingerprint density at radius 2 is 1.14 bits per heavy atom. The van der Waals surface area contributed by atoms with E-state index in [-0.39, 0.29) is 0 Å². The van der Waals surface area contributed by atoms with Crippen molar-refractivity contribution >= 4 is 34.1 Å². The first kappa shape index (κ1) is 18.6. The van der Waals surface area contributed by atoms with Crippen molar-refractivity contribution in [3.63, 3.8) is 0 Å². The smallest absolute Gasteiger partial charge is 0.0696 e. The van der Waals surface area contributed by atoms with Gasteiger partial charge in [-0.05, 0) is 74.5 Å². The van der Waals surface area contributed by atoms with Gasteiger partial charge in [0.2, 0.25) is 0 Å². The summed E-state index contributed by atoms with van der Waals surface area (Å²) in [7, 11) is 0. The van der Waals surface area contributed by atoms with Crippen LogP contribution >= 0.6 is 0 Å². The number of para-hydroxylation sites is 2. The van der Waals surface area contributed by atoms with Crippen molar-refractivity contribution in [1.82, 2.24) is 0 Å². The summed E-state index contributed by atoms with van der Waals surface area (Å²) in [5, 5.41) is 3.55. The third kappa shape index (κ3) is 4.25. The van der Waals surface area contributed by atoms with Crippen LogP contribution in [-0.2, 0) is 0 Å². The fourth-order valence-corrected chi connectivity index (χ4v) is 3.31. The summed E-state index contributed by atoms with van der Waals surface area (Å²) >= 11 is 0. The molecule has 4 aromatic carbocycles. The Kier molecular flexibility index (Phi) is 5.21. The quantitative estimate of drug-likeness (QED) is 0.363. The number of nitrogens with zero attached hydrogens (tertiary/aromatic N) is 1. The molecule has 0 saturated carbocycles. The average molecular weight is 380 g/mol. The molecule has 0 fully saturated rings. The van der Waals surface area contributed by atoms with Crippen molar-refractivity contribution in [1.29, 1.82) is 0 Å². The van der Waals surface area contributed by atoms with Gasteiger partial charge in [-0.2, -0.15) is 0 Å². The third-order valence-electron chi connectivity index (χ3n) is 4.92. The Balaban J connectivity index is 1.81. The number of anilines is 6. The minimum Gasteiger partial charge on any atom is -0.399 e. The van der Waals surface area contributed by atoms with E-state index >= 15 is 0 Å². The van der Waals surface area contributed by atoms with Gasteiger partial charge in [0.1, 0.15) is 0 Å². The Hall–Kier alpha value is -3.72. The minimum atomic E-state index is 0.754. The summed E-state index contributed by atoms with van der Waals surface area (Å²) < 4.78 is 0. The highest BCUT2D eigenvalue weighted by Gasteiger charge is 2.16. The molecule has 0 saturated heterocycles. The van der Waals surface area contributed by atoms with Gasteiger partial charge < -0.3 is 16.0 Å². The molecule has 3 heteroatoms. The van der Waals surface area contributed by atoms with Gasteiger partial charge in [-0.3, -0.25) is 0 Å². The maximum Gasteiger partial charge on any atom is 0.0696 e. The minimum absolute atomic E-state index is 0.754. The number of hydrogen-bond acceptors (Lipinski definition) is 3. The van der Waals surface area contributed by atoms with Crippen LogP contribution in [0, 0.1) is 13.8 Å². The van der Waals surface area contributed by atoms with Crippen LogP contribution in [-0.4, -0.2) is 0 Å². The molecule has 0 aromatic heterocycles. The van der Waals surface area contributed by atoms with Gasteiger partial charge in [-0.1, -0.05) is 47.5 Å². The molecule has 0 aliphatic heterocycles. The van der Waals surface area contributed by atoms with E-state index in [1.807, 2.05) is 30.3 Å². The van der Waals surface area contributed by atoms with Crippen LogP contribution in [0.15, 0.2) is 97.1 Å². The van der Waals surface area contributed by atoms with Crippen LogP contribution < -0.4 is 16.0 Å². The SMILES string of the molecule is Cc1ccc(N(c2ccc(C)cc2)c2ccccc2Nc2ccc(N)cc2)cc1. The summed E-state index contributed by atoms with van der Waals surface area (Å²) in [6, 6.07) is 33.4. The molecular weight excluding hydrogens is 354 g/mol. The number of nitrogens with two attached hydrogens (primary N) is 1. The number of nitrogen functional groups attached to an aromatic ring is 1. The van der Waals surface area contributed by atoms with Gasteiger partial charge in [0.05, 0.1) is 11.4 Å². The van der Waals surface area contributed by atoms with E-state index in [2.05, 4.69) is 90.8 Å². The molecule has 0 amide bonds. The summed E-state index contributed by atoms with van der Waals surface area (Å²) in [5.41, 5.74) is 14.4. The molecule has 4 aromatic rings. The average Bonchev–Trinajstić information content (AvgIpc) is 2.74. The first-order valence-electron chi connectivity index (χ1n) is 9.75. The maximum absolute atomic E-state index is 5.84. The molecule has 0 heterocycles. The first-order valence-corrected chi connectivity index (χ1v) is 9.75. The van der Waals surface area contributed by atoms with Crippen molar-refractivity contribution in [2.75, 3.05) is 16.0 Å². The molecule has 0 unspecified atom stereocenters. The first-order chi connectivity index (χ1) is 14.1. The van der Waals surface area contributed by atoms with E-state index in [4.69, 9.17) is 5.73 Å². The van der Waals surface area contributed by atoms with Gasteiger partial charge in [0, 0.05) is 22.7 Å². The predicted octanol–water partition coefficient (Wildman–Crippen LogP) is 7.10. The molecule has 0 atom stereocenters. The van der Waals surface area contributed by atoms with Crippen LogP contribution in [0.3, 0.4) is 0 Å². The van der Waals surface area contributed by atoms with Crippen LogP contribution in [0.5, 0.6) is 0 Å². The monoisotopic (exact) mass is 379 g/mol. The zero-order chi connectivity index (χ0) is 20.2. The molecule has 0 radical (unpaired) electrons. The molecule has 4 rings (SSSR count). The molecular formula is C26H25N3. The van der Waals surface area contributed by atoms with Crippen molar-refractivity contribution in [2.24, 2.45) is 0 Å². The number of aryl methyl sites for hydroxylation is 2. The summed E-state index contributed by atoms with van der Waals surface area (Å²) in [6.45, 7) is 4.22. The van der Waals surface area contributed by atoms with Crippen molar-refractivity contribution in [2.45, 2.75) is 13.8 Å². The van der Waals surface area contributed by atoms with Gasteiger partial charge >= 0.3 is 0 Å². The second-order valence-electron chi connectivity index (χ2n) is 7.27. The lowest BCUT2D eigenvalue weighted by molar-refractivity contribution is 1.27. The third-order valence-corrected chi connectivity index (χ3v) is 4.92. The number of benzene rings is 4. The predicted molar refractivity (Wildman–Crippen MR) is 125 cm³/mol. The van der Waals surface area contributed by atoms with Crippen molar-refractivity contribution < 1.29 is 0 Å². The van der Waals surface area contributed by atoms with E-state index in [9.17, 15) is 0 Å². The second kappa shape index (κ2) is 8.11. The van der Waals surface area contributed by atoms with E-state index in [1.54, 1.807) is 0 Å². The number of nitrogens with one attached hydrogen (secondary N) is 1. The summed E-state index contributed by atoms with van der Waals surface area (Å²) in [5.74, 6) is 0. The Labute approximate surface area is 172 Å². The Bertz CT molecular complexity index is 1040.